The second kappa shape index (κ2) is 2.79. The van der Waals surface area contributed by atoms with Gasteiger partial charge in [0.25, 0.3) is 0 Å². The molecule has 2 heteroatoms. The Morgan fingerprint density at radius 2 is 2.17 bits per heavy atom. The van der Waals surface area contributed by atoms with Crippen molar-refractivity contribution < 1.29 is 10.2 Å². The summed E-state index contributed by atoms with van der Waals surface area (Å²) in [6.45, 7) is 0. The van der Waals surface area contributed by atoms with Gasteiger partial charge in [-0.2, -0.15) is 0 Å². The van der Waals surface area contributed by atoms with Crippen LogP contribution in [0.2, 0.25) is 0 Å². The maximum absolute atomic E-state index is 9.57. The molecule has 0 saturated carbocycles. The van der Waals surface area contributed by atoms with Crippen molar-refractivity contribution in [2.75, 3.05) is 0 Å². The largest absolute Gasteiger partial charge is 0.508 e. The predicted octanol–water partition coefficient (Wildman–Crippen LogP) is 1.76. The molecule has 1 aromatic carbocycles. The van der Waals surface area contributed by atoms with Gasteiger partial charge < -0.3 is 10.2 Å². The van der Waals surface area contributed by atoms with Crippen LogP contribution in [-0.4, -0.2) is 10.2 Å². The fourth-order valence-corrected chi connectivity index (χ4v) is 1.76. The van der Waals surface area contributed by atoms with Crippen molar-refractivity contribution >= 4 is 0 Å². The smallest absolute Gasteiger partial charge is 0.115 e. The summed E-state index contributed by atoms with van der Waals surface area (Å²) in [7, 11) is 0. The Labute approximate surface area is 71.5 Å². The van der Waals surface area contributed by atoms with Gasteiger partial charge in [-0.1, -0.05) is 6.07 Å². The molecule has 2 nitrogen and oxygen atoms in total. The summed E-state index contributed by atoms with van der Waals surface area (Å²) < 4.78 is 0. The number of hydrogen-bond donors (Lipinski definition) is 2. The molecule has 1 aliphatic rings. The van der Waals surface area contributed by atoms with Crippen LogP contribution < -0.4 is 0 Å². The van der Waals surface area contributed by atoms with Crippen LogP contribution in [0.4, 0.5) is 0 Å². The van der Waals surface area contributed by atoms with Crippen molar-refractivity contribution in [2.45, 2.75) is 25.4 Å². The molecule has 0 unspecified atom stereocenters. The lowest BCUT2D eigenvalue weighted by Gasteiger charge is -2.20. The van der Waals surface area contributed by atoms with Crippen LogP contribution >= 0.6 is 0 Å². The van der Waals surface area contributed by atoms with E-state index in [9.17, 15) is 10.2 Å². The molecule has 0 radical (unpaired) electrons. The predicted molar refractivity (Wildman–Crippen MR) is 46.0 cm³/mol. The first-order valence-corrected chi connectivity index (χ1v) is 4.27. The summed E-state index contributed by atoms with van der Waals surface area (Å²) in [6.07, 6.45) is 2.50. The van der Waals surface area contributed by atoms with Crippen molar-refractivity contribution in [1.82, 2.24) is 0 Å². The zero-order chi connectivity index (χ0) is 8.55. The van der Waals surface area contributed by atoms with E-state index in [1.54, 1.807) is 12.1 Å². The normalized spacial score (nSPS) is 21.9. The number of hydrogen-bond acceptors (Lipinski definition) is 2. The molecular weight excluding hydrogens is 152 g/mol. The zero-order valence-electron chi connectivity index (χ0n) is 6.83. The maximum Gasteiger partial charge on any atom is 0.115 e. The van der Waals surface area contributed by atoms with E-state index in [4.69, 9.17) is 0 Å². The number of aromatic hydroxyl groups is 1. The van der Waals surface area contributed by atoms with E-state index in [1.165, 1.54) is 5.56 Å². The molecule has 12 heavy (non-hydrogen) atoms. The highest BCUT2D eigenvalue weighted by Crippen LogP contribution is 2.31. The SMILES string of the molecule is Oc1ccc2c(c1)[C@@H](O)CCC2. The fraction of sp³-hybridized carbons (Fsp3) is 0.400. The average molecular weight is 164 g/mol. The van der Waals surface area contributed by atoms with Gasteiger partial charge in [0.15, 0.2) is 0 Å². The first kappa shape index (κ1) is 7.62. The molecule has 2 N–H and O–H groups in total. The number of fused-ring (bicyclic) bond motifs is 1. The first-order chi connectivity index (χ1) is 5.77. The van der Waals surface area contributed by atoms with Gasteiger partial charge in [-0.3, -0.25) is 0 Å². The van der Waals surface area contributed by atoms with Crippen molar-refractivity contribution in [3.8, 4) is 5.75 Å². The van der Waals surface area contributed by atoms with Crippen LogP contribution in [0, 0.1) is 0 Å². The quantitative estimate of drug-likeness (QED) is 0.613. The minimum atomic E-state index is -0.374. The van der Waals surface area contributed by atoms with E-state index in [-0.39, 0.29) is 11.9 Å². The van der Waals surface area contributed by atoms with Crippen LogP contribution in [0.1, 0.15) is 30.1 Å². The van der Waals surface area contributed by atoms with Crippen molar-refractivity contribution in [2.24, 2.45) is 0 Å². The van der Waals surface area contributed by atoms with Gasteiger partial charge in [0.05, 0.1) is 6.10 Å². The highest BCUT2D eigenvalue weighted by Gasteiger charge is 2.17. The first-order valence-electron chi connectivity index (χ1n) is 4.27. The summed E-state index contributed by atoms with van der Waals surface area (Å²) in [5.41, 5.74) is 2.08. The van der Waals surface area contributed by atoms with Crippen LogP contribution in [0.5, 0.6) is 5.75 Å². The van der Waals surface area contributed by atoms with Crippen LogP contribution in [0.3, 0.4) is 0 Å². The van der Waals surface area contributed by atoms with Gasteiger partial charge in [0, 0.05) is 0 Å². The Hall–Kier alpha value is -1.02. The molecule has 1 aromatic rings. The molecule has 0 aromatic heterocycles. The van der Waals surface area contributed by atoms with Crippen molar-refractivity contribution in [3.63, 3.8) is 0 Å². The molecule has 0 bridgehead atoms. The summed E-state index contributed by atoms with van der Waals surface area (Å²) in [5.74, 6) is 0.245. The van der Waals surface area contributed by atoms with Crippen LogP contribution in [0.15, 0.2) is 18.2 Å². The molecule has 1 atom stereocenters. The summed E-state index contributed by atoms with van der Waals surface area (Å²) in [6, 6.07) is 5.24. The maximum atomic E-state index is 9.57. The third-order valence-corrected chi connectivity index (χ3v) is 2.41. The highest BCUT2D eigenvalue weighted by atomic mass is 16.3. The molecular formula is C10H12O2. The number of benzene rings is 1. The highest BCUT2D eigenvalue weighted by molar-refractivity contribution is 5.37. The molecule has 0 fully saturated rings. The number of aliphatic hydroxyl groups is 1. The topological polar surface area (TPSA) is 40.5 Å². The number of aryl methyl sites for hydroxylation is 1. The third-order valence-electron chi connectivity index (χ3n) is 2.41. The third kappa shape index (κ3) is 1.18. The lowest BCUT2D eigenvalue weighted by Crippen LogP contribution is -2.08. The number of phenolic OH excluding ortho intramolecular Hbond substituents is 1. The van der Waals surface area contributed by atoms with Crippen LogP contribution in [-0.2, 0) is 6.42 Å². The lowest BCUT2D eigenvalue weighted by atomic mass is 9.89. The van der Waals surface area contributed by atoms with E-state index in [2.05, 4.69) is 0 Å². The van der Waals surface area contributed by atoms with Gasteiger partial charge in [-0.25, -0.2) is 0 Å². The van der Waals surface area contributed by atoms with Crippen molar-refractivity contribution in [1.29, 1.82) is 0 Å². The Bertz CT molecular complexity index is 294. The second-order valence-corrected chi connectivity index (χ2v) is 3.29. The van der Waals surface area contributed by atoms with Gasteiger partial charge in [-0.05, 0) is 42.5 Å². The van der Waals surface area contributed by atoms with E-state index in [0.717, 1.165) is 24.8 Å². The molecule has 1 aliphatic carbocycles. The minimum Gasteiger partial charge on any atom is -0.508 e. The summed E-state index contributed by atoms with van der Waals surface area (Å²) >= 11 is 0. The molecule has 0 spiro atoms. The summed E-state index contributed by atoms with van der Waals surface area (Å²) in [5, 5.41) is 18.8. The molecule has 0 saturated heterocycles. The van der Waals surface area contributed by atoms with Gasteiger partial charge in [0.1, 0.15) is 5.75 Å². The Morgan fingerprint density at radius 1 is 1.33 bits per heavy atom. The molecule has 2 rings (SSSR count). The average Bonchev–Trinajstić information content (AvgIpc) is 2.07. The monoisotopic (exact) mass is 164 g/mol. The second-order valence-electron chi connectivity index (χ2n) is 3.29. The van der Waals surface area contributed by atoms with Crippen molar-refractivity contribution in [3.05, 3.63) is 29.3 Å². The number of aliphatic hydroxyl groups excluding tert-OH is 1. The number of phenols is 1. The van der Waals surface area contributed by atoms with Gasteiger partial charge >= 0.3 is 0 Å². The van der Waals surface area contributed by atoms with E-state index in [1.807, 2.05) is 6.07 Å². The molecule has 0 heterocycles. The van der Waals surface area contributed by atoms with Crippen LogP contribution in [0.25, 0.3) is 0 Å². The number of rotatable bonds is 0. The van der Waals surface area contributed by atoms with Gasteiger partial charge in [0.2, 0.25) is 0 Å². The summed E-state index contributed by atoms with van der Waals surface area (Å²) in [4.78, 5) is 0. The molecule has 0 aliphatic heterocycles. The molecule has 64 valence electrons. The Morgan fingerprint density at radius 3 is 3.00 bits per heavy atom. The molecule has 0 amide bonds. The van der Waals surface area contributed by atoms with E-state index < -0.39 is 0 Å². The fourth-order valence-electron chi connectivity index (χ4n) is 1.76. The van der Waals surface area contributed by atoms with E-state index >= 15 is 0 Å². The van der Waals surface area contributed by atoms with Gasteiger partial charge in [-0.15, -0.1) is 0 Å². The lowest BCUT2D eigenvalue weighted by molar-refractivity contribution is 0.156. The van der Waals surface area contributed by atoms with E-state index in [0.29, 0.717) is 0 Å². The standard InChI is InChI=1S/C10H12O2/c11-8-5-4-7-2-1-3-10(12)9(7)6-8/h4-6,10-12H,1-3H2/t10-/m0/s1. The Balaban J connectivity index is 2.47. The Kier molecular flexibility index (Phi) is 1.77. The minimum absolute atomic E-state index is 0.245. The zero-order valence-corrected chi connectivity index (χ0v) is 6.83.